The maximum absolute atomic E-state index is 11.6. The van der Waals surface area contributed by atoms with E-state index in [9.17, 15) is 14.9 Å². The Morgan fingerprint density at radius 1 is 1.22 bits per heavy atom. The highest BCUT2D eigenvalue weighted by atomic mass is 16.6. The Morgan fingerprint density at radius 2 is 1.89 bits per heavy atom. The van der Waals surface area contributed by atoms with E-state index in [0.717, 1.165) is 0 Å². The van der Waals surface area contributed by atoms with Gasteiger partial charge in [-0.3, -0.25) is 10.1 Å². The molecule has 0 heterocycles. The zero-order chi connectivity index (χ0) is 13.0. The van der Waals surface area contributed by atoms with Gasteiger partial charge in [-0.2, -0.15) is 0 Å². The first-order chi connectivity index (χ1) is 8.66. The Kier molecular flexibility index (Phi) is 3.38. The second-order valence-corrected chi connectivity index (χ2v) is 3.67. The third-order valence-electron chi connectivity index (χ3n) is 2.39. The van der Waals surface area contributed by atoms with E-state index in [0.29, 0.717) is 0 Å². The fourth-order valence-electron chi connectivity index (χ4n) is 1.58. The quantitative estimate of drug-likeness (QED) is 0.632. The summed E-state index contributed by atoms with van der Waals surface area (Å²) in [4.78, 5) is 21.9. The summed E-state index contributed by atoms with van der Waals surface area (Å²) in [5.74, 6) is 0. The number of anilines is 1. The molecule has 2 rings (SSSR count). The molecule has 0 saturated carbocycles. The van der Waals surface area contributed by atoms with Crippen molar-refractivity contribution in [3.8, 4) is 0 Å². The average molecular weight is 245 g/mol. The molecule has 0 spiro atoms. The van der Waals surface area contributed by atoms with E-state index in [4.69, 9.17) is 0 Å². The Morgan fingerprint density at radius 3 is 2.56 bits per heavy atom. The van der Waals surface area contributed by atoms with Gasteiger partial charge in [0.1, 0.15) is 5.69 Å². The Hall–Kier alpha value is -2.63. The van der Waals surface area contributed by atoms with Crippen molar-refractivity contribution in [2.24, 2.45) is 0 Å². The van der Waals surface area contributed by atoms with Gasteiger partial charge < -0.3 is 10.6 Å². The zero-order valence-corrected chi connectivity index (χ0v) is 9.37. The molecule has 1 aromatic carbocycles. The highest BCUT2D eigenvalue weighted by Crippen LogP contribution is 2.22. The van der Waals surface area contributed by atoms with Gasteiger partial charge in [0.05, 0.1) is 11.0 Å². The number of allylic oxidation sites excluding steroid dienone is 2. The summed E-state index contributed by atoms with van der Waals surface area (Å²) in [6.07, 6.45) is 7.24. The summed E-state index contributed by atoms with van der Waals surface area (Å²) < 4.78 is 0. The molecule has 0 atom stereocenters. The Balaban J connectivity index is 2.04. The van der Waals surface area contributed by atoms with Crippen LogP contribution in [0.25, 0.3) is 0 Å². The number of nitro groups is 1. The number of urea groups is 1. The van der Waals surface area contributed by atoms with Gasteiger partial charge in [0.25, 0.3) is 5.69 Å². The van der Waals surface area contributed by atoms with E-state index in [2.05, 4.69) is 10.6 Å². The predicted octanol–water partition coefficient (Wildman–Crippen LogP) is 2.21. The smallest absolute Gasteiger partial charge is 0.320 e. The van der Waals surface area contributed by atoms with Gasteiger partial charge in [0, 0.05) is 6.07 Å². The fourth-order valence-corrected chi connectivity index (χ4v) is 1.58. The fraction of sp³-hybridized carbons (Fsp3) is 0.0833. The number of hydrogen-bond donors (Lipinski definition) is 2. The SMILES string of the molecule is O=C(Nc1ccccc1[N+](=O)[O-])NC1C=CC=C1. The number of carbonyl (C=O) groups is 1. The van der Waals surface area contributed by atoms with Crippen LogP contribution in [-0.2, 0) is 0 Å². The molecule has 1 aliphatic rings. The molecule has 0 unspecified atom stereocenters. The molecule has 0 aromatic heterocycles. The van der Waals surface area contributed by atoms with Crippen LogP contribution in [0.3, 0.4) is 0 Å². The number of carbonyl (C=O) groups excluding carboxylic acids is 1. The van der Waals surface area contributed by atoms with Crippen molar-refractivity contribution in [3.05, 3.63) is 58.7 Å². The van der Waals surface area contributed by atoms with Gasteiger partial charge in [0.2, 0.25) is 0 Å². The third kappa shape index (κ3) is 2.73. The van der Waals surface area contributed by atoms with Crippen molar-refractivity contribution >= 4 is 17.4 Å². The Labute approximate surface area is 103 Å². The number of nitrogens with zero attached hydrogens (tertiary/aromatic N) is 1. The second kappa shape index (κ2) is 5.13. The second-order valence-electron chi connectivity index (χ2n) is 3.67. The minimum atomic E-state index is -0.537. The summed E-state index contributed by atoms with van der Waals surface area (Å²) in [5, 5.41) is 15.9. The number of rotatable bonds is 3. The molecular weight excluding hydrogens is 234 g/mol. The summed E-state index contributed by atoms with van der Waals surface area (Å²) >= 11 is 0. The first kappa shape index (κ1) is 11.8. The molecule has 2 N–H and O–H groups in total. The van der Waals surface area contributed by atoms with E-state index < -0.39 is 11.0 Å². The van der Waals surface area contributed by atoms with Gasteiger partial charge in [0.15, 0.2) is 0 Å². The molecule has 0 fully saturated rings. The molecule has 92 valence electrons. The maximum Gasteiger partial charge on any atom is 0.320 e. The topological polar surface area (TPSA) is 84.3 Å². The summed E-state index contributed by atoms with van der Waals surface area (Å²) in [6.45, 7) is 0. The van der Waals surface area contributed by atoms with Crippen LogP contribution >= 0.6 is 0 Å². The lowest BCUT2D eigenvalue weighted by Gasteiger charge is -2.10. The van der Waals surface area contributed by atoms with E-state index in [1.54, 1.807) is 24.3 Å². The molecule has 1 aromatic rings. The van der Waals surface area contributed by atoms with Crippen LogP contribution in [-0.4, -0.2) is 17.0 Å². The van der Waals surface area contributed by atoms with Gasteiger partial charge in [-0.15, -0.1) is 0 Å². The normalized spacial score (nSPS) is 13.6. The van der Waals surface area contributed by atoms with E-state index in [1.807, 2.05) is 12.2 Å². The molecular formula is C12H11N3O3. The van der Waals surface area contributed by atoms with Gasteiger partial charge in [-0.05, 0) is 6.07 Å². The van der Waals surface area contributed by atoms with Crippen molar-refractivity contribution < 1.29 is 9.72 Å². The van der Waals surface area contributed by atoms with E-state index in [-0.39, 0.29) is 17.4 Å². The van der Waals surface area contributed by atoms with Crippen LogP contribution in [0.15, 0.2) is 48.6 Å². The number of nitro benzene ring substituents is 1. The van der Waals surface area contributed by atoms with E-state index in [1.165, 1.54) is 12.1 Å². The van der Waals surface area contributed by atoms with Gasteiger partial charge >= 0.3 is 6.03 Å². The van der Waals surface area contributed by atoms with Crippen molar-refractivity contribution in [3.63, 3.8) is 0 Å². The zero-order valence-electron chi connectivity index (χ0n) is 9.37. The van der Waals surface area contributed by atoms with E-state index >= 15 is 0 Å². The van der Waals surface area contributed by atoms with Crippen molar-refractivity contribution in [1.29, 1.82) is 0 Å². The van der Waals surface area contributed by atoms with Crippen LogP contribution in [0.2, 0.25) is 0 Å². The number of benzene rings is 1. The van der Waals surface area contributed by atoms with Crippen LogP contribution in [0.4, 0.5) is 16.2 Å². The van der Waals surface area contributed by atoms with Crippen LogP contribution in [0, 0.1) is 10.1 Å². The minimum absolute atomic E-state index is 0.134. The molecule has 0 radical (unpaired) electrons. The number of nitrogens with one attached hydrogen (secondary N) is 2. The molecule has 6 heteroatoms. The van der Waals surface area contributed by atoms with Crippen LogP contribution in [0.5, 0.6) is 0 Å². The minimum Gasteiger partial charge on any atom is -0.328 e. The third-order valence-corrected chi connectivity index (χ3v) is 2.39. The molecule has 0 saturated heterocycles. The molecule has 0 aliphatic heterocycles. The van der Waals surface area contributed by atoms with Crippen molar-refractivity contribution in [2.75, 3.05) is 5.32 Å². The lowest BCUT2D eigenvalue weighted by molar-refractivity contribution is -0.383. The summed E-state index contributed by atoms with van der Waals surface area (Å²) in [6, 6.07) is 5.34. The van der Waals surface area contributed by atoms with Crippen LogP contribution in [0.1, 0.15) is 0 Å². The number of para-hydroxylation sites is 2. The lowest BCUT2D eigenvalue weighted by Crippen LogP contribution is -2.35. The summed E-state index contributed by atoms with van der Waals surface area (Å²) in [5.41, 5.74) is 0.0381. The van der Waals surface area contributed by atoms with Crippen molar-refractivity contribution in [2.45, 2.75) is 6.04 Å². The van der Waals surface area contributed by atoms with Gasteiger partial charge in [-0.25, -0.2) is 4.79 Å². The summed E-state index contributed by atoms with van der Waals surface area (Å²) in [7, 11) is 0. The highest BCUT2D eigenvalue weighted by Gasteiger charge is 2.15. The highest BCUT2D eigenvalue weighted by molar-refractivity contribution is 5.92. The van der Waals surface area contributed by atoms with Crippen molar-refractivity contribution in [1.82, 2.24) is 5.32 Å². The monoisotopic (exact) mass is 245 g/mol. The average Bonchev–Trinajstić information content (AvgIpc) is 2.82. The maximum atomic E-state index is 11.6. The first-order valence-corrected chi connectivity index (χ1v) is 5.33. The largest absolute Gasteiger partial charge is 0.328 e. The first-order valence-electron chi connectivity index (χ1n) is 5.33. The molecule has 0 bridgehead atoms. The number of hydrogen-bond acceptors (Lipinski definition) is 3. The molecule has 1 aliphatic carbocycles. The Bertz CT molecular complexity index is 525. The van der Waals surface area contributed by atoms with Gasteiger partial charge in [-0.1, -0.05) is 36.4 Å². The molecule has 18 heavy (non-hydrogen) atoms. The molecule has 6 nitrogen and oxygen atoms in total. The number of amides is 2. The standard InChI is InChI=1S/C12H11N3O3/c16-12(13-9-5-1-2-6-9)14-10-7-3-4-8-11(10)15(17)18/h1-9H,(H2,13,14,16). The molecule has 2 amide bonds. The predicted molar refractivity (Wildman–Crippen MR) is 67.3 cm³/mol. The van der Waals surface area contributed by atoms with Crippen LogP contribution < -0.4 is 10.6 Å². The lowest BCUT2D eigenvalue weighted by atomic mass is 10.2.